The third-order valence-electron chi connectivity index (χ3n) is 3.91. The van der Waals surface area contributed by atoms with Crippen LogP contribution in [-0.4, -0.2) is 19.2 Å². The summed E-state index contributed by atoms with van der Waals surface area (Å²) < 4.78 is 10.6. The van der Waals surface area contributed by atoms with Crippen LogP contribution in [0.15, 0.2) is 48.7 Å². The van der Waals surface area contributed by atoms with Crippen LogP contribution < -0.4 is 14.8 Å². The summed E-state index contributed by atoms with van der Waals surface area (Å²) in [6.45, 7) is 3.60. The summed E-state index contributed by atoms with van der Waals surface area (Å²) >= 11 is 1.73. The van der Waals surface area contributed by atoms with Crippen molar-refractivity contribution in [1.29, 1.82) is 0 Å². The number of benzene rings is 2. The minimum absolute atomic E-state index is 0.741. The standard InChI is InChI=1S/C20H22N2O2S/c1-14-5-4-6-16(9-14)19-12-22-20(25-19)13-21-11-15-7-8-17(23-2)18(10-15)24-3/h4-10,12,21H,11,13H2,1-3H3. The fourth-order valence-corrected chi connectivity index (χ4v) is 3.51. The number of nitrogens with one attached hydrogen (secondary N) is 1. The van der Waals surface area contributed by atoms with Crippen LogP contribution in [-0.2, 0) is 13.1 Å². The van der Waals surface area contributed by atoms with Crippen LogP contribution in [0.1, 0.15) is 16.1 Å². The first-order chi connectivity index (χ1) is 12.2. The molecular weight excluding hydrogens is 332 g/mol. The van der Waals surface area contributed by atoms with Gasteiger partial charge in [-0.15, -0.1) is 11.3 Å². The van der Waals surface area contributed by atoms with Gasteiger partial charge in [-0.1, -0.05) is 35.9 Å². The first-order valence-electron chi connectivity index (χ1n) is 8.13. The van der Waals surface area contributed by atoms with Gasteiger partial charge >= 0.3 is 0 Å². The predicted molar refractivity (Wildman–Crippen MR) is 102 cm³/mol. The highest BCUT2D eigenvalue weighted by Gasteiger charge is 2.06. The summed E-state index contributed by atoms with van der Waals surface area (Å²) in [7, 11) is 3.29. The Morgan fingerprint density at radius 2 is 1.84 bits per heavy atom. The first kappa shape index (κ1) is 17.5. The molecule has 0 spiro atoms. The number of thiazole rings is 1. The minimum Gasteiger partial charge on any atom is -0.493 e. The van der Waals surface area contributed by atoms with E-state index in [1.807, 2.05) is 24.4 Å². The predicted octanol–water partition coefficient (Wildman–Crippen LogP) is 4.43. The lowest BCUT2D eigenvalue weighted by atomic mass is 10.1. The van der Waals surface area contributed by atoms with Crippen molar-refractivity contribution in [3.05, 3.63) is 64.8 Å². The van der Waals surface area contributed by atoms with Crippen LogP contribution in [0.25, 0.3) is 10.4 Å². The molecule has 1 aromatic heterocycles. The molecule has 25 heavy (non-hydrogen) atoms. The first-order valence-corrected chi connectivity index (χ1v) is 8.94. The third-order valence-corrected chi connectivity index (χ3v) is 4.96. The molecule has 0 fully saturated rings. The molecule has 0 radical (unpaired) electrons. The van der Waals surface area contributed by atoms with Gasteiger partial charge < -0.3 is 14.8 Å². The van der Waals surface area contributed by atoms with Gasteiger partial charge in [-0.25, -0.2) is 4.98 Å². The lowest BCUT2D eigenvalue weighted by molar-refractivity contribution is 0.354. The van der Waals surface area contributed by atoms with E-state index >= 15 is 0 Å². The number of aryl methyl sites for hydroxylation is 1. The molecule has 3 aromatic rings. The van der Waals surface area contributed by atoms with Gasteiger partial charge in [0.25, 0.3) is 0 Å². The highest BCUT2D eigenvalue weighted by Crippen LogP contribution is 2.28. The van der Waals surface area contributed by atoms with E-state index in [2.05, 4.69) is 41.5 Å². The van der Waals surface area contributed by atoms with Crippen molar-refractivity contribution in [2.45, 2.75) is 20.0 Å². The van der Waals surface area contributed by atoms with Crippen LogP contribution in [0, 0.1) is 6.92 Å². The highest BCUT2D eigenvalue weighted by atomic mass is 32.1. The molecule has 2 aromatic carbocycles. The van der Waals surface area contributed by atoms with Gasteiger partial charge in [0.2, 0.25) is 0 Å². The quantitative estimate of drug-likeness (QED) is 0.682. The Hall–Kier alpha value is -2.37. The normalized spacial score (nSPS) is 10.7. The molecule has 0 aliphatic heterocycles. The van der Waals surface area contributed by atoms with Gasteiger partial charge in [-0.2, -0.15) is 0 Å². The SMILES string of the molecule is COc1ccc(CNCc2ncc(-c3cccc(C)c3)s2)cc1OC. The van der Waals surface area contributed by atoms with Crippen molar-refractivity contribution in [2.24, 2.45) is 0 Å². The van der Waals surface area contributed by atoms with Gasteiger partial charge in [-0.05, 0) is 30.2 Å². The van der Waals surface area contributed by atoms with Crippen LogP contribution in [0.5, 0.6) is 11.5 Å². The number of methoxy groups -OCH3 is 2. The largest absolute Gasteiger partial charge is 0.493 e. The fourth-order valence-electron chi connectivity index (χ4n) is 2.63. The highest BCUT2D eigenvalue weighted by molar-refractivity contribution is 7.15. The number of hydrogen-bond acceptors (Lipinski definition) is 5. The zero-order chi connectivity index (χ0) is 17.6. The monoisotopic (exact) mass is 354 g/mol. The Morgan fingerprint density at radius 3 is 2.60 bits per heavy atom. The molecular formula is C20H22N2O2S. The molecule has 4 nitrogen and oxygen atoms in total. The maximum absolute atomic E-state index is 5.34. The molecule has 1 N–H and O–H groups in total. The van der Waals surface area contributed by atoms with Crippen molar-refractivity contribution < 1.29 is 9.47 Å². The van der Waals surface area contributed by atoms with Crippen LogP contribution in [0.3, 0.4) is 0 Å². The van der Waals surface area contributed by atoms with Crippen molar-refractivity contribution >= 4 is 11.3 Å². The zero-order valence-electron chi connectivity index (χ0n) is 14.7. The van der Waals surface area contributed by atoms with Crippen molar-refractivity contribution in [2.75, 3.05) is 14.2 Å². The van der Waals surface area contributed by atoms with E-state index in [0.717, 1.165) is 35.2 Å². The smallest absolute Gasteiger partial charge is 0.161 e. The Kier molecular flexibility index (Phi) is 5.68. The van der Waals surface area contributed by atoms with E-state index in [4.69, 9.17) is 9.47 Å². The van der Waals surface area contributed by atoms with Crippen molar-refractivity contribution in [1.82, 2.24) is 10.3 Å². The molecule has 0 saturated carbocycles. The number of hydrogen-bond donors (Lipinski definition) is 1. The molecule has 1 heterocycles. The number of aromatic nitrogens is 1. The van der Waals surface area contributed by atoms with E-state index in [9.17, 15) is 0 Å². The summed E-state index contributed by atoms with van der Waals surface area (Å²) in [6.07, 6.45) is 1.95. The Morgan fingerprint density at radius 1 is 1.00 bits per heavy atom. The zero-order valence-corrected chi connectivity index (χ0v) is 15.5. The average Bonchev–Trinajstić information content (AvgIpc) is 3.10. The number of nitrogens with zero attached hydrogens (tertiary/aromatic N) is 1. The molecule has 0 unspecified atom stereocenters. The second-order valence-corrected chi connectivity index (χ2v) is 6.90. The van der Waals surface area contributed by atoms with Crippen LogP contribution in [0.2, 0.25) is 0 Å². The molecule has 130 valence electrons. The Bertz CT molecular complexity index is 845. The lowest BCUT2D eigenvalue weighted by Gasteiger charge is -2.09. The molecule has 5 heteroatoms. The van der Waals surface area contributed by atoms with Gasteiger partial charge in [0, 0.05) is 19.3 Å². The Balaban J connectivity index is 1.60. The summed E-state index contributed by atoms with van der Waals surface area (Å²) in [5.41, 5.74) is 3.63. The minimum atomic E-state index is 0.741. The maximum atomic E-state index is 5.34. The maximum Gasteiger partial charge on any atom is 0.161 e. The topological polar surface area (TPSA) is 43.4 Å². The Labute approximate surface area is 152 Å². The molecule has 3 rings (SSSR count). The van der Waals surface area contributed by atoms with Crippen molar-refractivity contribution in [3.8, 4) is 21.9 Å². The summed E-state index contributed by atoms with van der Waals surface area (Å²) in [5.74, 6) is 1.49. The van der Waals surface area contributed by atoms with E-state index in [1.165, 1.54) is 16.0 Å². The molecule has 0 aliphatic rings. The molecule has 0 aliphatic carbocycles. The summed E-state index contributed by atoms with van der Waals surface area (Å²) in [4.78, 5) is 5.73. The van der Waals surface area contributed by atoms with Gasteiger partial charge in [0.15, 0.2) is 11.5 Å². The third kappa shape index (κ3) is 4.38. The van der Waals surface area contributed by atoms with Gasteiger partial charge in [-0.3, -0.25) is 0 Å². The summed E-state index contributed by atoms with van der Waals surface area (Å²) in [6, 6.07) is 14.5. The van der Waals surface area contributed by atoms with Gasteiger partial charge in [0.05, 0.1) is 19.1 Å². The second-order valence-electron chi connectivity index (χ2n) is 5.78. The molecule has 0 amide bonds. The lowest BCUT2D eigenvalue weighted by Crippen LogP contribution is -2.12. The summed E-state index contributed by atoms with van der Waals surface area (Å²) in [5, 5.41) is 4.52. The van der Waals surface area contributed by atoms with Crippen LogP contribution in [0.4, 0.5) is 0 Å². The number of rotatable bonds is 7. The number of ether oxygens (including phenoxy) is 2. The second kappa shape index (κ2) is 8.14. The van der Waals surface area contributed by atoms with E-state index in [1.54, 1.807) is 25.6 Å². The van der Waals surface area contributed by atoms with Crippen molar-refractivity contribution in [3.63, 3.8) is 0 Å². The van der Waals surface area contributed by atoms with E-state index in [-0.39, 0.29) is 0 Å². The average molecular weight is 354 g/mol. The molecule has 0 saturated heterocycles. The van der Waals surface area contributed by atoms with E-state index < -0.39 is 0 Å². The van der Waals surface area contributed by atoms with Gasteiger partial charge in [0.1, 0.15) is 5.01 Å². The fraction of sp³-hybridized carbons (Fsp3) is 0.250. The molecule has 0 bridgehead atoms. The van der Waals surface area contributed by atoms with Crippen LogP contribution >= 0.6 is 11.3 Å². The van der Waals surface area contributed by atoms with E-state index in [0.29, 0.717) is 0 Å². The molecule has 0 atom stereocenters.